The first-order valence-corrected chi connectivity index (χ1v) is 5.05. The Morgan fingerprint density at radius 1 is 1.38 bits per heavy atom. The van der Waals surface area contributed by atoms with Gasteiger partial charge in [-0.15, -0.1) is 0 Å². The van der Waals surface area contributed by atoms with E-state index in [1.807, 2.05) is 6.07 Å². The Morgan fingerprint density at radius 2 is 2.15 bits per heavy atom. The van der Waals surface area contributed by atoms with Crippen molar-refractivity contribution in [2.75, 3.05) is 0 Å². The van der Waals surface area contributed by atoms with Crippen LogP contribution in [0.5, 0.6) is 0 Å². The Balaban J connectivity index is 2.87. The van der Waals surface area contributed by atoms with Crippen molar-refractivity contribution in [3.63, 3.8) is 0 Å². The van der Waals surface area contributed by atoms with Gasteiger partial charge in [0.1, 0.15) is 11.6 Å². The lowest BCUT2D eigenvalue weighted by molar-refractivity contribution is 1.27. The van der Waals surface area contributed by atoms with E-state index < -0.39 is 0 Å². The van der Waals surface area contributed by atoms with E-state index in [2.05, 4.69) is 47.9 Å². The molecule has 2 aromatic rings. The average Bonchev–Trinajstić information content (AvgIpc) is 2.47. The number of aromatic nitrogens is 2. The number of benzene rings is 1. The van der Waals surface area contributed by atoms with Crippen molar-refractivity contribution in [1.82, 2.24) is 9.97 Å². The summed E-state index contributed by atoms with van der Waals surface area (Å²) in [6.07, 6.45) is 0. The van der Waals surface area contributed by atoms with Crippen molar-refractivity contribution in [2.24, 2.45) is 0 Å². The van der Waals surface area contributed by atoms with Crippen LogP contribution in [-0.4, -0.2) is 9.97 Å². The SMILES string of the molecule is N#Cc1ccc2[nH]c(Br)nc2c1Br. The minimum atomic E-state index is 0.589. The molecule has 0 saturated carbocycles. The smallest absolute Gasteiger partial charge is 0.175 e. The van der Waals surface area contributed by atoms with Gasteiger partial charge in [0.05, 0.1) is 15.6 Å². The Kier molecular flexibility index (Phi) is 2.10. The number of H-pyrrole nitrogens is 1. The number of imidazole rings is 1. The van der Waals surface area contributed by atoms with Gasteiger partial charge in [0.25, 0.3) is 0 Å². The van der Waals surface area contributed by atoms with Crippen LogP contribution in [0.2, 0.25) is 0 Å². The van der Waals surface area contributed by atoms with Gasteiger partial charge in [0.15, 0.2) is 4.73 Å². The predicted octanol–water partition coefficient (Wildman–Crippen LogP) is 2.96. The zero-order valence-corrected chi connectivity index (χ0v) is 9.48. The van der Waals surface area contributed by atoms with Crippen molar-refractivity contribution < 1.29 is 0 Å². The maximum Gasteiger partial charge on any atom is 0.175 e. The molecule has 1 N–H and O–H groups in total. The molecule has 0 aliphatic rings. The standard InChI is InChI=1S/C8H3Br2N3/c9-6-4(3-11)1-2-5-7(6)13-8(10)12-5/h1-2H,(H,12,13). The van der Waals surface area contributed by atoms with Gasteiger partial charge in [0, 0.05) is 0 Å². The molecule has 0 atom stereocenters. The highest BCUT2D eigenvalue weighted by atomic mass is 79.9. The summed E-state index contributed by atoms with van der Waals surface area (Å²) < 4.78 is 1.40. The maximum atomic E-state index is 8.75. The summed E-state index contributed by atoms with van der Waals surface area (Å²) in [6, 6.07) is 5.66. The normalized spacial score (nSPS) is 10.2. The topological polar surface area (TPSA) is 52.5 Å². The Labute approximate surface area is 91.0 Å². The van der Waals surface area contributed by atoms with Crippen LogP contribution in [0.15, 0.2) is 21.3 Å². The molecule has 0 aliphatic heterocycles. The van der Waals surface area contributed by atoms with E-state index in [-0.39, 0.29) is 0 Å². The van der Waals surface area contributed by atoms with E-state index in [0.29, 0.717) is 10.3 Å². The van der Waals surface area contributed by atoms with Gasteiger partial charge >= 0.3 is 0 Å². The second kappa shape index (κ2) is 3.13. The molecule has 0 spiro atoms. The lowest BCUT2D eigenvalue weighted by atomic mass is 10.2. The summed E-state index contributed by atoms with van der Waals surface area (Å²) >= 11 is 6.56. The monoisotopic (exact) mass is 299 g/mol. The molecule has 13 heavy (non-hydrogen) atoms. The van der Waals surface area contributed by atoms with Gasteiger partial charge in [-0.25, -0.2) is 4.98 Å². The van der Waals surface area contributed by atoms with Gasteiger partial charge in [-0.2, -0.15) is 5.26 Å². The molecular formula is C8H3Br2N3. The summed E-state index contributed by atoms with van der Waals surface area (Å²) in [5.74, 6) is 0. The first-order valence-electron chi connectivity index (χ1n) is 3.46. The number of hydrogen-bond donors (Lipinski definition) is 1. The minimum Gasteiger partial charge on any atom is -0.332 e. The van der Waals surface area contributed by atoms with Crippen LogP contribution in [0.3, 0.4) is 0 Å². The molecule has 1 aromatic carbocycles. The van der Waals surface area contributed by atoms with Gasteiger partial charge in [-0.05, 0) is 44.0 Å². The third-order valence-corrected chi connectivity index (χ3v) is 2.86. The molecule has 0 radical (unpaired) electrons. The quantitative estimate of drug-likeness (QED) is 0.813. The van der Waals surface area contributed by atoms with Crippen LogP contribution >= 0.6 is 31.9 Å². The van der Waals surface area contributed by atoms with E-state index in [1.54, 1.807) is 6.07 Å². The summed E-state index contributed by atoms with van der Waals surface area (Å²) in [4.78, 5) is 7.20. The van der Waals surface area contributed by atoms with Gasteiger partial charge in [0.2, 0.25) is 0 Å². The number of rotatable bonds is 0. The van der Waals surface area contributed by atoms with E-state index in [4.69, 9.17) is 5.26 Å². The molecule has 3 nitrogen and oxygen atoms in total. The Hall–Kier alpha value is -0.860. The fraction of sp³-hybridized carbons (Fsp3) is 0. The van der Waals surface area contributed by atoms with Crippen molar-refractivity contribution >= 4 is 42.9 Å². The molecule has 0 unspecified atom stereocenters. The number of nitriles is 1. The molecule has 0 aliphatic carbocycles. The second-order valence-electron chi connectivity index (χ2n) is 2.46. The maximum absolute atomic E-state index is 8.75. The Bertz CT molecular complexity index is 510. The van der Waals surface area contributed by atoms with Crippen LogP contribution in [0.4, 0.5) is 0 Å². The number of aromatic amines is 1. The highest BCUT2D eigenvalue weighted by molar-refractivity contribution is 9.11. The van der Waals surface area contributed by atoms with Crippen molar-refractivity contribution in [3.05, 3.63) is 26.9 Å². The summed E-state index contributed by atoms with van der Waals surface area (Å²) in [5.41, 5.74) is 2.26. The second-order valence-corrected chi connectivity index (χ2v) is 4.01. The van der Waals surface area contributed by atoms with Gasteiger partial charge in [-0.1, -0.05) is 0 Å². The summed E-state index contributed by atoms with van der Waals surface area (Å²) in [5, 5.41) is 8.75. The largest absolute Gasteiger partial charge is 0.332 e. The zero-order valence-electron chi connectivity index (χ0n) is 6.31. The number of hydrogen-bond acceptors (Lipinski definition) is 2. The minimum absolute atomic E-state index is 0.589. The number of halogens is 2. The van der Waals surface area contributed by atoms with Gasteiger partial charge < -0.3 is 4.98 Å². The number of fused-ring (bicyclic) bond motifs is 1. The highest BCUT2D eigenvalue weighted by Gasteiger charge is 2.07. The highest BCUT2D eigenvalue weighted by Crippen LogP contribution is 2.26. The molecule has 0 bridgehead atoms. The van der Waals surface area contributed by atoms with Crippen LogP contribution < -0.4 is 0 Å². The molecule has 0 fully saturated rings. The third kappa shape index (κ3) is 1.36. The van der Waals surface area contributed by atoms with Crippen LogP contribution in [0.1, 0.15) is 5.56 Å². The lowest BCUT2D eigenvalue weighted by Crippen LogP contribution is -1.78. The Morgan fingerprint density at radius 3 is 2.85 bits per heavy atom. The van der Waals surface area contributed by atoms with Crippen molar-refractivity contribution in [2.45, 2.75) is 0 Å². The molecule has 1 aromatic heterocycles. The van der Waals surface area contributed by atoms with Crippen LogP contribution in [0, 0.1) is 11.3 Å². The molecule has 5 heteroatoms. The zero-order chi connectivity index (χ0) is 9.42. The van der Waals surface area contributed by atoms with E-state index in [9.17, 15) is 0 Å². The molecule has 0 saturated heterocycles. The first-order chi connectivity index (χ1) is 6.22. The van der Waals surface area contributed by atoms with E-state index in [1.165, 1.54) is 0 Å². The first kappa shape index (κ1) is 8.73. The molecular weight excluding hydrogens is 298 g/mol. The molecule has 64 valence electrons. The summed E-state index contributed by atoms with van der Waals surface area (Å²) in [7, 11) is 0. The van der Waals surface area contributed by atoms with Crippen molar-refractivity contribution in [3.8, 4) is 6.07 Å². The average molecular weight is 301 g/mol. The fourth-order valence-electron chi connectivity index (χ4n) is 1.10. The lowest BCUT2D eigenvalue weighted by Gasteiger charge is -1.93. The molecule has 1 heterocycles. The predicted molar refractivity (Wildman–Crippen MR) is 56.2 cm³/mol. The number of nitrogens with zero attached hydrogens (tertiary/aromatic N) is 2. The van der Waals surface area contributed by atoms with E-state index in [0.717, 1.165) is 15.5 Å². The van der Waals surface area contributed by atoms with Crippen molar-refractivity contribution in [1.29, 1.82) is 5.26 Å². The third-order valence-electron chi connectivity index (χ3n) is 1.68. The molecule has 0 amide bonds. The number of nitrogens with one attached hydrogen (secondary N) is 1. The summed E-state index contributed by atoms with van der Waals surface area (Å²) in [6.45, 7) is 0. The van der Waals surface area contributed by atoms with Crippen LogP contribution in [-0.2, 0) is 0 Å². The van der Waals surface area contributed by atoms with Gasteiger partial charge in [-0.3, -0.25) is 0 Å². The fourth-order valence-corrected chi connectivity index (χ4v) is 2.01. The van der Waals surface area contributed by atoms with E-state index >= 15 is 0 Å². The molecule has 2 rings (SSSR count). The van der Waals surface area contributed by atoms with Crippen LogP contribution in [0.25, 0.3) is 11.0 Å².